The molecule has 322 valence electrons. The summed E-state index contributed by atoms with van der Waals surface area (Å²) in [5.41, 5.74) is 7.65. The van der Waals surface area contributed by atoms with Crippen molar-refractivity contribution in [3.63, 3.8) is 0 Å². The minimum absolute atomic E-state index is 0.0420. The van der Waals surface area contributed by atoms with Crippen molar-refractivity contribution >= 4 is 45.8 Å². The fraction of sp³-hybridized carbons (Fsp3) is 0.167. The first-order chi connectivity index (χ1) is 30.3. The number of hydrogen-bond acceptors (Lipinski definition) is 9. The highest BCUT2D eigenvalue weighted by atomic mass is 16.5. The molecule has 0 aliphatic heterocycles. The minimum Gasteiger partial charge on any atom is -0.497 e. The van der Waals surface area contributed by atoms with Gasteiger partial charge in [0.25, 0.3) is 0 Å². The number of hydrogen-bond donors (Lipinski definition) is 0. The number of methoxy groups -OCH3 is 4. The van der Waals surface area contributed by atoms with Crippen molar-refractivity contribution in [2.45, 2.75) is 34.6 Å². The third-order valence-electron chi connectivity index (χ3n) is 9.72. The molecule has 0 bridgehead atoms. The van der Waals surface area contributed by atoms with Gasteiger partial charge in [-0.2, -0.15) is 0 Å². The number of carbonyl (C=O) groups excluding carboxylic acids is 4. The smallest absolute Gasteiger partial charge is 0.161 e. The van der Waals surface area contributed by atoms with Gasteiger partial charge in [0.05, 0.1) is 34.1 Å². The number of benzene rings is 7. The molecule has 0 fully saturated rings. The molecule has 0 saturated carbocycles. The van der Waals surface area contributed by atoms with Crippen LogP contribution in [0.4, 0.5) is 5.69 Å². The van der Waals surface area contributed by atoms with E-state index in [1.807, 2.05) is 110 Å². The predicted molar refractivity (Wildman–Crippen MR) is 253 cm³/mol. The van der Waals surface area contributed by atoms with Gasteiger partial charge in [0.2, 0.25) is 0 Å². The molecule has 9 nitrogen and oxygen atoms in total. The van der Waals surface area contributed by atoms with Crippen molar-refractivity contribution < 1.29 is 38.1 Å². The van der Waals surface area contributed by atoms with Gasteiger partial charge in [-0.3, -0.25) is 24.2 Å². The van der Waals surface area contributed by atoms with E-state index in [-0.39, 0.29) is 23.1 Å². The lowest BCUT2D eigenvalue weighted by atomic mass is 10.0. The highest BCUT2D eigenvalue weighted by Gasteiger charge is 2.06. The van der Waals surface area contributed by atoms with E-state index >= 15 is 0 Å². The number of Topliss-reactive ketones (excluding diaryl/α,β-unsaturated/α-hetero) is 4. The Hall–Kier alpha value is -7.65. The fourth-order valence-corrected chi connectivity index (χ4v) is 6.03. The molecule has 7 aromatic rings. The van der Waals surface area contributed by atoms with Crippen molar-refractivity contribution in [2.75, 3.05) is 28.4 Å². The molecule has 63 heavy (non-hydrogen) atoms. The molecular weight excluding hydrogens is 791 g/mol. The number of rotatable bonds is 11. The number of ketones is 4. The summed E-state index contributed by atoms with van der Waals surface area (Å²) >= 11 is 0. The summed E-state index contributed by atoms with van der Waals surface area (Å²) in [5.74, 6) is 3.52. The molecule has 0 spiro atoms. The van der Waals surface area contributed by atoms with Crippen LogP contribution in [-0.2, 0) is 0 Å². The maximum atomic E-state index is 11.2. The first kappa shape index (κ1) is 48.0. The van der Waals surface area contributed by atoms with Crippen LogP contribution in [0.3, 0.4) is 0 Å². The maximum absolute atomic E-state index is 11.2. The monoisotopic (exact) mass is 843 g/mol. The van der Waals surface area contributed by atoms with Crippen LogP contribution in [-0.4, -0.2) is 57.8 Å². The summed E-state index contributed by atoms with van der Waals surface area (Å²) in [4.78, 5) is 49.0. The highest BCUT2D eigenvalue weighted by molar-refractivity contribution is 5.96. The minimum atomic E-state index is 0.0420. The molecular formula is C54H53NO8. The van der Waals surface area contributed by atoms with Crippen LogP contribution in [0.15, 0.2) is 157 Å². The average Bonchev–Trinajstić information content (AvgIpc) is 3.31. The molecule has 0 N–H and O–H groups in total. The number of aliphatic imine (C=N–C) groups is 1. The third kappa shape index (κ3) is 14.5. The Morgan fingerprint density at radius 3 is 1.16 bits per heavy atom. The Labute approximate surface area is 370 Å². The van der Waals surface area contributed by atoms with Gasteiger partial charge in [-0.05, 0) is 122 Å². The summed E-state index contributed by atoms with van der Waals surface area (Å²) in [6.07, 6.45) is 1.73. The molecule has 0 amide bonds. The number of ether oxygens (including phenoxy) is 4. The predicted octanol–water partition coefficient (Wildman–Crippen LogP) is 12.5. The Bertz CT molecular complexity index is 2490. The fourth-order valence-electron chi connectivity index (χ4n) is 6.03. The Morgan fingerprint density at radius 1 is 0.429 bits per heavy atom. The first-order valence-electron chi connectivity index (χ1n) is 20.0. The second-order valence-corrected chi connectivity index (χ2v) is 14.2. The molecule has 7 aromatic carbocycles. The topological polar surface area (TPSA) is 118 Å². The van der Waals surface area contributed by atoms with Crippen LogP contribution in [0.25, 0.3) is 21.9 Å². The van der Waals surface area contributed by atoms with Crippen molar-refractivity contribution in [1.29, 1.82) is 0 Å². The first-order valence-corrected chi connectivity index (χ1v) is 20.0. The van der Waals surface area contributed by atoms with Gasteiger partial charge in [0.15, 0.2) is 34.6 Å². The molecule has 7 rings (SSSR count). The van der Waals surface area contributed by atoms with Gasteiger partial charge >= 0.3 is 0 Å². The molecule has 0 aromatic heterocycles. The van der Waals surface area contributed by atoms with E-state index in [0.29, 0.717) is 22.3 Å². The van der Waals surface area contributed by atoms with Crippen LogP contribution >= 0.6 is 0 Å². The zero-order valence-electron chi connectivity index (χ0n) is 37.2. The van der Waals surface area contributed by atoms with Crippen molar-refractivity contribution in [3.05, 3.63) is 185 Å². The summed E-state index contributed by atoms with van der Waals surface area (Å²) in [6.45, 7) is 8.17. The Balaban J connectivity index is 0.000000189. The summed E-state index contributed by atoms with van der Waals surface area (Å²) < 4.78 is 20.6. The average molecular weight is 844 g/mol. The molecule has 9 heteroatoms. The van der Waals surface area contributed by atoms with Gasteiger partial charge in [-0.1, -0.05) is 97.1 Å². The van der Waals surface area contributed by atoms with Crippen LogP contribution in [0, 0.1) is 6.92 Å². The van der Waals surface area contributed by atoms with E-state index in [2.05, 4.69) is 17.1 Å². The van der Waals surface area contributed by atoms with Gasteiger partial charge in [0, 0.05) is 28.5 Å². The Kier molecular flexibility index (Phi) is 18.3. The normalized spacial score (nSPS) is 10.2. The van der Waals surface area contributed by atoms with E-state index in [0.717, 1.165) is 61.7 Å². The van der Waals surface area contributed by atoms with E-state index < -0.39 is 0 Å². The summed E-state index contributed by atoms with van der Waals surface area (Å²) in [5, 5.41) is 2.32. The van der Waals surface area contributed by atoms with Crippen molar-refractivity contribution in [2.24, 2.45) is 4.99 Å². The lowest BCUT2D eigenvalue weighted by Gasteiger charge is -2.08. The van der Waals surface area contributed by atoms with Gasteiger partial charge in [0.1, 0.15) is 11.5 Å². The highest BCUT2D eigenvalue weighted by Crippen LogP contribution is 2.32. The van der Waals surface area contributed by atoms with Crippen molar-refractivity contribution in [1.82, 2.24) is 0 Å². The Morgan fingerprint density at radius 2 is 0.810 bits per heavy atom. The van der Waals surface area contributed by atoms with Crippen LogP contribution in [0.2, 0.25) is 0 Å². The van der Waals surface area contributed by atoms with Crippen LogP contribution in [0.5, 0.6) is 23.0 Å². The SMILES string of the molecule is CC(=O)c1ccc(-c2ccc(C(C)=O)cc2)cc1.CC(=O)c1ccc(C=Nc2ccc(C(C)=O)cc2)cc1.COc1cc2ccccc2cc1OC.COc1ccc(OC)c(C)c1. The van der Waals surface area contributed by atoms with Gasteiger partial charge < -0.3 is 18.9 Å². The molecule has 0 saturated heterocycles. The van der Waals surface area contributed by atoms with Crippen LogP contribution < -0.4 is 18.9 Å². The third-order valence-corrected chi connectivity index (χ3v) is 9.72. The number of nitrogens with zero attached hydrogens (tertiary/aromatic N) is 1. The number of aryl methyl sites for hydroxylation is 1. The van der Waals surface area contributed by atoms with Crippen LogP contribution in [0.1, 0.15) is 80.3 Å². The second-order valence-electron chi connectivity index (χ2n) is 14.2. The van der Waals surface area contributed by atoms with E-state index in [4.69, 9.17) is 18.9 Å². The maximum Gasteiger partial charge on any atom is 0.161 e. The lowest BCUT2D eigenvalue weighted by Crippen LogP contribution is -1.92. The summed E-state index contributed by atoms with van der Waals surface area (Å²) in [7, 11) is 6.61. The zero-order chi connectivity index (χ0) is 45.9. The standard InChI is InChI=1S/C17H15NO2.C16H14O2.C12H12O2.C9H12O2/c1-12(19)15-5-3-14(4-6-15)11-18-17-9-7-16(8-10-17)13(2)20;1-11(17)13-3-7-15(8-4-13)16-9-5-14(6-10-16)12(2)18;1-13-11-7-9-5-3-4-6-10(9)8-12(11)14-2;1-7-6-8(10-2)4-5-9(7)11-3/h3-11H,1-2H3;3-10H,1-2H3;3-8H,1-2H3;4-6H,1-3H3. The van der Waals surface area contributed by atoms with Crippen molar-refractivity contribution in [3.8, 4) is 34.1 Å². The molecule has 0 radical (unpaired) electrons. The zero-order valence-corrected chi connectivity index (χ0v) is 37.2. The largest absolute Gasteiger partial charge is 0.497 e. The van der Waals surface area contributed by atoms with Gasteiger partial charge in [-0.15, -0.1) is 0 Å². The number of fused-ring (bicyclic) bond motifs is 1. The second kappa shape index (κ2) is 24.0. The molecule has 0 atom stereocenters. The quantitative estimate of drug-likeness (QED) is 0.0933. The van der Waals surface area contributed by atoms with Gasteiger partial charge in [-0.25, -0.2) is 0 Å². The number of carbonyl (C=O) groups is 4. The van der Waals surface area contributed by atoms with E-state index in [1.54, 1.807) is 91.8 Å². The lowest BCUT2D eigenvalue weighted by molar-refractivity contribution is 0.100. The molecule has 0 heterocycles. The summed E-state index contributed by atoms with van der Waals surface area (Å²) in [6, 6.07) is 47.1. The molecule has 0 aliphatic carbocycles. The van der Waals surface area contributed by atoms with E-state index in [9.17, 15) is 19.2 Å². The molecule has 0 unspecified atom stereocenters. The molecule has 0 aliphatic rings. The van der Waals surface area contributed by atoms with E-state index in [1.165, 1.54) is 6.92 Å².